The fourth-order valence-corrected chi connectivity index (χ4v) is 3.25. The van der Waals surface area contributed by atoms with E-state index in [4.69, 9.17) is 16.3 Å². The van der Waals surface area contributed by atoms with Crippen molar-refractivity contribution in [1.29, 1.82) is 0 Å². The van der Waals surface area contributed by atoms with E-state index in [9.17, 15) is 14.1 Å². The van der Waals surface area contributed by atoms with Crippen molar-refractivity contribution in [1.82, 2.24) is 14.9 Å². The molecule has 1 aromatic carbocycles. The Hall–Kier alpha value is -1.93. The molecule has 1 fully saturated rings. The molecule has 9 heteroatoms. The van der Waals surface area contributed by atoms with Crippen LogP contribution in [0.3, 0.4) is 0 Å². The topological polar surface area (TPSA) is 53.1 Å². The summed E-state index contributed by atoms with van der Waals surface area (Å²) in [6, 6.07) is 4.00. The lowest BCUT2D eigenvalue weighted by Crippen LogP contribution is -2.50. The quantitative estimate of drug-likeness (QED) is 0.704. The van der Waals surface area contributed by atoms with Crippen molar-refractivity contribution < 1.29 is 23.2 Å². The van der Waals surface area contributed by atoms with Gasteiger partial charge in [0.25, 0.3) is 5.91 Å². The molecule has 1 aliphatic rings. The molecule has 1 aromatic rings. The summed E-state index contributed by atoms with van der Waals surface area (Å²) < 4.78 is 34.9. The third-order valence-electron chi connectivity index (χ3n) is 4.38. The third-order valence-corrected chi connectivity index (χ3v) is 4.62. The van der Waals surface area contributed by atoms with Crippen LogP contribution in [0.15, 0.2) is 24.3 Å². The average Bonchev–Trinajstić information content (AvgIpc) is 2.90. The molecule has 1 saturated heterocycles. The van der Waals surface area contributed by atoms with E-state index in [1.54, 1.807) is 58.0 Å². The average molecular weight is 418 g/mol. The number of alkyl halides is 1. The Morgan fingerprint density at radius 2 is 1.96 bits per heavy atom. The Bertz CT molecular complexity index is 727. The van der Waals surface area contributed by atoms with Crippen molar-refractivity contribution in [2.24, 2.45) is 0 Å². The largest absolute Gasteiger partial charge is 0.444 e. The summed E-state index contributed by atoms with van der Waals surface area (Å²) in [7, 11) is 3.27. The number of ether oxygens (including phenoxy) is 1. The lowest BCUT2D eigenvalue weighted by atomic mass is 10.1. The smallest absolute Gasteiger partial charge is 0.411 e. The maximum Gasteiger partial charge on any atom is 0.411 e. The molecule has 0 N–H and O–H groups in total. The molecule has 0 aromatic heterocycles. The minimum absolute atomic E-state index is 0.0789. The van der Waals surface area contributed by atoms with Gasteiger partial charge in [0.15, 0.2) is 0 Å². The van der Waals surface area contributed by atoms with Gasteiger partial charge in [0.2, 0.25) is 0 Å². The number of hydrogen-bond acceptors (Lipinski definition) is 4. The van der Waals surface area contributed by atoms with Crippen molar-refractivity contribution >= 4 is 23.6 Å². The summed E-state index contributed by atoms with van der Waals surface area (Å²) in [6.07, 6.45) is -2.61. The number of likely N-dealkylation sites (tertiary alicyclic amines) is 1. The van der Waals surface area contributed by atoms with Gasteiger partial charge in [-0.2, -0.15) is 5.12 Å². The number of nitrogens with zero attached hydrogens (tertiary/aromatic N) is 3. The molecular weight excluding hydrogens is 392 g/mol. The molecule has 1 aliphatic heterocycles. The lowest BCUT2D eigenvalue weighted by Gasteiger charge is -2.29. The fraction of sp³-hybridized carbons (Fsp3) is 0.579. The summed E-state index contributed by atoms with van der Waals surface area (Å²) in [5.41, 5.74) is -0.382. The first kappa shape index (κ1) is 22.4. The predicted octanol–water partition coefficient (Wildman–Crippen LogP) is 3.44. The van der Waals surface area contributed by atoms with Gasteiger partial charge in [0.05, 0.1) is 12.6 Å². The molecule has 1 heterocycles. The van der Waals surface area contributed by atoms with E-state index in [1.807, 2.05) is 0 Å². The molecule has 3 atom stereocenters. The van der Waals surface area contributed by atoms with Gasteiger partial charge in [-0.05, 0) is 52.6 Å². The second-order valence-corrected chi connectivity index (χ2v) is 8.48. The van der Waals surface area contributed by atoms with E-state index in [0.717, 1.165) is 4.90 Å². The molecule has 2 amide bonds. The predicted molar refractivity (Wildman–Crippen MR) is 102 cm³/mol. The monoisotopic (exact) mass is 417 g/mol. The minimum Gasteiger partial charge on any atom is -0.444 e. The molecule has 0 bridgehead atoms. The Labute approximate surface area is 168 Å². The van der Waals surface area contributed by atoms with Crippen molar-refractivity contribution in [3.05, 3.63) is 34.9 Å². The van der Waals surface area contributed by atoms with Gasteiger partial charge in [0.1, 0.15) is 17.8 Å². The standard InChI is InChI=1S/C19H26ClF2N3O3/c1-19(2,3)28-18(27)24-11-14(23(4)5)15(21)16(24)17(26)25(22)10-12-7-6-8-13(20)9-12/h6-9,14-16H,10-11H2,1-5H3/t14-,15+,16+/m1/s1. The van der Waals surface area contributed by atoms with Gasteiger partial charge < -0.3 is 9.64 Å². The van der Waals surface area contributed by atoms with Crippen molar-refractivity contribution in [3.63, 3.8) is 0 Å². The summed E-state index contributed by atoms with van der Waals surface area (Å²) in [4.78, 5) is 27.8. The van der Waals surface area contributed by atoms with Crippen molar-refractivity contribution in [2.45, 2.75) is 51.2 Å². The van der Waals surface area contributed by atoms with Crippen LogP contribution in [0.4, 0.5) is 13.7 Å². The number of rotatable bonds is 4. The summed E-state index contributed by atoms with van der Waals surface area (Å²) in [5.74, 6) is -1.14. The van der Waals surface area contributed by atoms with Crippen LogP contribution in [-0.4, -0.2) is 71.4 Å². The minimum atomic E-state index is -1.76. The fourth-order valence-electron chi connectivity index (χ4n) is 3.04. The highest BCUT2D eigenvalue weighted by Crippen LogP contribution is 2.28. The van der Waals surface area contributed by atoms with Crippen LogP contribution in [0.5, 0.6) is 0 Å². The van der Waals surface area contributed by atoms with Crippen LogP contribution in [-0.2, 0) is 16.1 Å². The molecular formula is C19H26ClF2N3O3. The van der Waals surface area contributed by atoms with Crippen LogP contribution in [0.25, 0.3) is 0 Å². The molecule has 156 valence electrons. The van der Waals surface area contributed by atoms with E-state index in [1.165, 1.54) is 6.07 Å². The summed E-state index contributed by atoms with van der Waals surface area (Å²) in [5, 5.41) is 0.309. The first-order valence-corrected chi connectivity index (χ1v) is 9.30. The zero-order valence-electron chi connectivity index (χ0n) is 16.7. The Balaban J connectivity index is 2.23. The second-order valence-electron chi connectivity index (χ2n) is 8.04. The van der Waals surface area contributed by atoms with Crippen molar-refractivity contribution in [2.75, 3.05) is 20.6 Å². The normalized spacial score (nSPS) is 22.5. The number of amides is 2. The van der Waals surface area contributed by atoms with Crippen LogP contribution in [0.2, 0.25) is 5.02 Å². The Morgan fingerprint density at radius 1 is 1.32 bits per heavy atom. The van der Waals surface area contributed by atoms with Crippen molar-refractivity contribution in [3.8, 4) is 0 Å². The van der Waals surface area contributed by atoms with E-state index in [2.05, 4.69) is 0 Å². The SMILES string of the molecule is CN(C)[C@@H]1CN(C(=O)OC(C)(C)C)[C@H](C(=O)N(F)Cc2cccc(Cl)c2)[C@H]1F. The number of benzene rings is 1. The third kappa shape index (κ3) is 5.32. The van der Waals surface area contributed by atoms with Crippen LogP contribution in [0.1, 0.15) is 26.3 Å². The molecule has 0 saturated carbocycles. The zero-order chi connectivity index (χ0) is 21.2. The van der Waals surface area contributed by atoms with Crippen LogP contribution < -0.4 is 0 Å². The van der Waals surface area contributed by atoms with Crippen LogP contribution >= 0.6 is 11.6 Å². The lowest BCUT2D eigenvalue weighted by molar-refractivity contribution is -0.154. The molecule has 0 spiro atoms. The molecule has 0 aliphatic carbocycles. The summed E-state index contributed by atoms with van der Waals surface area (Å²) in [6.45, 7) is 4.50. The van der Waals surface area contributed by atoms with Gasteiger partial charge >= 0.3 is 6.09 Å². The van der Waals surface area contributed by atoms with E-state index < -0.39 is 42.4 Å². The first-order valence-electron chi connectivity index (χ1n) is 8.92. The van der Waals surface area contributed by atoms with Gasteiger partial charge in [-0.1, -0.05) is 28.2 Å². The first-order chi connectivity index (χ1) is 12.9. The maximum atomic E-state index is 15.0. The van der Waals surface area contributed by atoms with Crippen LogP contribution in [0, 0.1) is 0 Å². The second kappa shape index (κ2) is 8.61. The van der Waals surface area contributed by atoms with E-state index >= 15 is 4.39 Å². The number of hydrogen-bond donors (Lipinski definition) is 0. The number of likely N-dealkylation sites (N-methyl/N-ethyl adjacent to an activating group) is 1. The molecule has 6 nitrogen and oxygen atoms in total. The Morgan fingerprint density at radius 3 is 2.50 bits per heavy atom. The highest BCUT2D eigenvalue weighted by Gasteiger charge is 2.51. The molecule has 28 heavy (non-hydrogen) atoms. The zero-order valence-corrected chi connectivity index (χ0v) is 17.4. The van der Waals surface area contributed by atoms with Gasteiger partial charge in [-0.3, -0.25) is 9.69 Å². The highest BCUT2D eigenvalue weighted by molar-refractivity contribution is 6.30. The van der Waals surface area contributed by atoms with E-state index in [-0.39, 0.29) is 11.7 Å². The Kier molecular flexibility index (Phi) is 6.88. The van der Waals surface area contributed by atoms with E-state index in [0.29, 0.717) is 10.6 Å². The molecule has 0 unspecified atom stereocenters. The van der Waals surface area contributed by atoms with Gasteiger partial charge in [0, 0.05) is 11.6 Å². The van der Waals surface area contributed by atoms with Gasteiger partial charge in [-0.25, -0.2) is 9.18 Å². The number of carbonyl (C=O) groups is 2. The number of carbonyl (C=O) groups excluding carboxylic acids is 2. The van der Waals surface area contributed by atoms with Gasteiger partial charge in [-0.15, -0.1) is 0 Å². The maximum absolute atomic E-state index is 15.0. The molecule has 2 rings (SSSR count). The highest BCUT2D eigenvalue weighted by atomic mass is 35.5. The molecule has 0 radical (unpaired) electrons. The number of halogens is 3. The summed E-state index contributed by atoms with van der Waals surface area (Å²) >= 11 is 5.88.